The summed E-state index contributed by atoms with van der Waals surface area (Å²) in [5, 5.41) is 11.4. The number of hydrogen-bond acceptors (Lipinski definition) is 7. The van der Waals surface area contributed by atoms with Crippen LogP contribution >= 0.6 is 23.1 Å². The van der Waals surface area contributed by atoms with Gasteiger partial charge in [0.25, 0.3) is 0 Å². The molecule has 1 aromatic rings. The van der Waals surface area contributed by atoms with Crippen LogP contribution in [0.5, 0.6) is 0 Å². The standard InChI is InChI=1S/C13H22N4O2S2/c1-3-20-13-16-15-12(21-13)14-11(18)8-17-6-4-5-10(7-17)9-19-2/h10H,3-9H2,1-2H3,(H,14,15,18). The van der Waals surface area contributed by atoms with E-state index >= 15 is 0 Å². The third-order valence-electron chi connectivity index (χ3n) is 3.29. The van der Waals surface area contributed by atoms with E-state index in [2.05, 4.69) is 27.3 Å². The van der Waals surface area contributed by atoms with Gasteiger partial charge in [0.1, 0.15) is 0 Å². The van der Waals surface area contributed by atoms with Crippen molar-refractivity contribution in [3.8, 4) is 0 Å². The number of ether oxygens (including phenoxy) is 1. The highest BCUT2D eigenvalue weighted by molar-refractivity contribution is 8.01. The number of nitrogens with zero attached hydrogens (tertiary/aromatic N) is 3. The van der Waals surface area contributed by atoms with Gasteiger partial charge in [-0.1, -0.05) is 30.0 Å². The summed E-state index contributed by atoms with van der Waals surface area (Å²) in [6.45, 7) is 5.15. The number of carbonyl (C=O) groups excluding carboxylic acids is 1. The topological polar surface area (TPSA) is 67.4 Å². The molecule has 2 rings (SSSR count). The van der Waals surface area contributed by atoms with Gasteiger partial charge in [-0.2, -0.15) is 0 Å². The number of piperidine rings is 1. The zero-order valence-corrected chi connectivity index (χ0v) is 14.1. The smallest absolute Gasteiger partial charge is 0.240 e. The molecule has 21 heavy (non-hydrogen) atoms. The van der Waals surface area contributed by atoms with Gasteiger partial charge in [0.15, 0.2) is 4.34 Å². The summed E-state index contributed by atoms with van der Waals surface area (Å²) in [6.07, 6.45) is 2.30. The maximum absolute atomic E-state index is 12.1. The maximum Gasteiger partial charge on any atom is 0.240 e. The van der Waals surface area contributed by atoms with E-state index in [1.54, 1.807) is 18.9 Å². The Morgan fingerprint density at radius 3 is 3.19 bits per heavy atom. The fourth-order valence-electron chi connectivity index (χ4n) is 2.47. The van der Waals surface area contributed by atoms with Gasteiger partial charge in [-0.15, -0.1) is 10.2 Å². The first-order valence-corrected chi connectivity index (χ1v) is 8.99. The van der Waals surface area contributed by atoms with Crippen molar-refractivity contribution < 1.29 is 9.53 Å². The molecule has 2 heterocycles. The third-order valence-corrected chi connectivity index (χ3v) is 5.15. The number of nitrogens with one attached hydrogen (secondary N) is 1. The molecule has 1 amide bonds. The number of aromatic nitrogens is 2. The van der Waals surface area contributed by atoms with E-state index in [4.69, 9.17) is 4.74 Å². The highest BCUT2D eigenvalue weighted by Crippen LogP contribution is 2.25. The summed E-state index contributed by atoms with van der Waals surface area (Å²) < 4.78 is 6.10. The molecule has 0 aromatic carbocycles. The largest absolute Gasteiger partial charge is 0.384 e. The fourth-order valence-corrected chi connectivity index (χ4v) is 4.14. The maximum atomic E-state index is 12.1. The molecule has 0 radical (unpaired) electrons. The van der Waals surface area contributed by atoms with Crippen molar-refractivity contribution >= 4 is 34.1 Å². The summed E-state index contributed by atoms with van der Waals surface area (Å²) in [5.41, 5.74) is 0. The van der Waals surface area contributed by atoms with Crippen LogP contribution in [0.15, 0.2) is 4.34 Å². The van der Waals surface area contributed by atoms with Crippen molar-refractivity contribution in [2.24, 2.45) is 5.92 Å². The van der Waals surface area contributed by atoms with Gasteiger partial charge in [0.05, 0.1) is 13.2 Å². The Bertz CT molecular complexity index is 453. The van der Waals surface area contributed by atoms with Crippen molar-refractivity contribution in [3.05, 3.63) is 0 Å². The van der Waals surface area contributed by atoms with Gasteiger partial charge in [-0.3, -0.25) is 15.0 Å². The Hall–Kier alpha value is -0.700. The predicted molar refractivity (Wildman–Crippen MR) is 86.0 cm³/mol. The Kier molecular flexibility index (Phi) is 6.88. The Morgan fingerprint density at radius 1 is 1.57 bits per heavy atom. The highest BCUT2D eigenvalue weighted by Gasteiger charge is 2.21. The van der Waals surface area contributed by atoms with Crippen LogP contribution in [0.4, 0.5) is 5.13 Å². The first-order chi connectivity index (χ1) is 10.2. The van der Waals surface area contributed by atoms with Gasteiger partial charge in [0, 0.05) is 13.7 Å². The van der Waals surface area contributed by atoms with Gasteiger partial charge in [-0.05, 0) is 31.1 Å². The average molecular weight is 330 g/mol. The van der Waals surface area contributed by atoms with Crippen LogP contribution in [0.3, 0.4) is 0 Å². The number of carbonyl (C=O) groups is 1. The molecule has 1 aliphatic rings. The van der Waals surface area contributed by atoms with Crippen LogP contribution in [0.2, 0.25) is 0 Å². The number of thioether (sulfide) groups is 1. The van der Waals surface area contributed by atoms with Gasteiger partial charge in [-0.25, -0.2) is 0 Å². The van der Waals surface area contributed by atoms with Crippen molar-refractivity contribution in [3.63, 3.8) is 0 Å². The highest BCUT2D eigenvalue weighted by atomic mass is 32.2. The average Bonchev–Trinajstić information content (AvgIpc) is 2.87. The summed E-state index contributed by atoms with van der Waals surface area (Å²) in [7, 11) is 1.73. The van der Waals surface area contributed by atoms with Gasteiger partial charge >= 0.3 is 0 Å². The van der Waals surface area contributed by atoms with Crippen molar-refractivity contribution in [2.75, 3.05) is 44.4 Å². The van der Waals surface area contributed by atoms with E-state index < -0.39 is 0 Å². The van der Waals surface area contributed by atoms with E-state index in [-0.39, 0.29) is 5.91 Å². The molecule has 8 heteroatoms. The Balaban J connectivity index is 1.77. The first-order valence-electron chi connectivity index (χ1n) is 7.18. The lowest BCUT2D eigenvalue weighted by molar-refractivity contribution is -0.117. The molecule has 118 valence electrons. The summed E-state index contributed by atoms with van der Waals surface area (Å²) in [5.74, 6) is 1.47. The molecule has 1 aromatic heterocycles. The summed E-state index contributed by atoms with van der Waals surface area (Å²) in [4.78, 5) is 14.2. The van der Waals surface area contributed by atoms with Gasteiger partial charge in [0.2, 0.25) is 11.0 Å². The minimum Gasteiger partial charge on any atom is -0.384 e. The van der Waals surface area contributed by atoms with Crippen LogP contribution in [0.25, 0.3) is 0 Å². The molecule has 0 aliphatic carbocycles. The first kappa shape index (κ1) is 16.7. The predicted octanol–water partition coefficient (Wildman–Crippen LogP) is 1.95. The third kappa shape index (κ3) is 5.54. The molecule has 0 bridgehead atoms. The van der Waals surface area contributed by atoms with E-state index in [1.165, 1.54) is 17.8 Å². The normalized spacial score (nSPS) is 19.6. The number of likely N-dealkylation sites (tertiary alicyclic amines) is 1. The fraction of sp³-hybridized carbons (Fsp3) is 0.769. The van der Waals surface area contributed by atoms with Crippen LogP contribution in [-0.4, -0.2) is 60.1 Å². The minimum absolute atomic E-state index is 0.0164. The number of methoxy groups -OCH3 is 1. The second-order valence-electron chi connectivity index (χ2n) is 5.05. The molecular weight excluding hydrogens is 308 g/mol. The quantitative estimate of drug-likeness (QED) is 0.609. The molecule has 1 fully saturated rings. The molecule has 1 atom stereocenters. The molecule has 1 aliphatic heterocycles. The molecule has 1 unspecified atom stereocenters. The number of rotatable bonds is 7. The molecule has 1 saturated heterocycles. The number of amides is 1. The molecule has 1 N–H and O–H groups in total. The van der Waals surface area contributed by atoms with E-state index in [9.17, 15) is 4.79 Å². The van der Waals surface area contributed by atoms with Gasteiger partial charge < -0.3 is 4.74 Å². The SMILES string of the molecule is CCSc1nnc(NC(=O)CN2CCCC(COC)C2)s1. The lowest BCUT2D eigenvalue weighted by Gasteiger charge is -2.31. The summed E-state index contributed by atoms with van der Waals surface area (Å²) in [6, 6.07) is 0. The zero-order chi connectivity index (χ0) is 15.1. The Morgan fingerprint density at radius 2 is 2.43 bits per heavy atom. The van der Waals surface area contributed by atoms with Crippen LogP contribution < -0.4 is 5.32 Å². The van der Waals surface area contributed by atoms with Crippen LogP contribution in [-0.2, 0) is 9.53 Å². The van der Waals surface area contributed by atoms with Crippen molar-refractivity contribution in [1.82, 2.24) is 15.1 Å². The second-order valence-corrected chi connectivity index (χ2v) is 7.54. The van der Waals surface area contributed by atoms with Crippen LogP contribution in [0, 0.1) is 5.92 Å². The molecule has 0 spiro atoms. The van der Waals surface area contributed by atoms with Crippen molar-refractivity contribution in [2.45, 2.75) is 24.1 Å². The zero-order valence-electron chi connectivity index (χ0n) is 12.5. The number of hydrogen-bond donors (Lipinski definition) is 1. The lowest BCUT2D eigenvalue weighted by atomic mass is 9.99. The van der Waals surface area contributed by atoms with Crippen LogP contribution in [0.1, 0.15) is 19.8 Å². The lowest BCUT2D eigenvalue weighted by Crippen LogP contribution is -2.41. The van der Waals surface area contributed by atoms with E-state index in [0.29, 0.717) is 17.6 Å². The second kappa shape index (κ2) is 8.67. The summed E-state index contributed by atoms with van der Waals surface area (Å²) >= 11 is 3.06. The Labute approximate surface area is 133 Å². The monoisotopic (exact) mass is 330 g/mol. The van der Waals surface area contributed by atoms with E-state index in [1.807, 2.05) is 0 Å². The van der Waals surface area contributed by atoms with E-state index in [0.717, 1.165) is 36.2 Å². The number of anilines is 1. The van der Waals surface area contributed by atoms with Crippen molar-refractivity contribution in [1.29, 1.82) is 0 Å². The molecular formula is C13H22N4O2S2. The minimum atomic E-state index is -0.0164. The molecule has 0 saturated carbocycles. The molecule has 6 nitrogen and oxygen atoms in total.